The average Bonchev–Trinajstić information content (AvgIpc) is 3.17. The Kier molecular flexibility index (Phi) is 6.79. The quantitative estimate of drug-likeness (QED) is 0.527. The molecule has 0 radical (unpaired) electrons. The van der Waals surface area contributed by atoms with Gasteiger partial charge in [-0.2, -0.15) is 0 Å². The molecule has 3 aromatic rings. The van der Waals surface area contributed by atoms with E-state index in [2.05, 4.69) is 32.2 Å². The lowest BCUT2D eigenvalue weighted by Gasteiger charge is -2.25. The number of hydrogen-bond acceptors (Lipinski definition) is 4. The van der Waals surface area contributed by atoms with Crippen LogP contribution in [0.1, 0.15) is 49.5 Å². The highest BCUT2D eigenvalue weighted by Crippen LogP contribution is 2.33. The molecule has 1 aromatic heterocycles. The van der Waals surface area contributed by atoms with E-state index in [0.29, 0.717) is 11.7 Å². The summed E-state index contributed by atoms with van der Waals surface area (Å²) in [5.41, 5.74) is 1.79. The van der Waals surface area contributed by atoms with Gasteiger partial charge in [-0.05, 0) is 42.7 Å². The molecule has 0 atom stereocenters. The minimum Gasteiger partial charge on any atom is -0.325 e. The average molecular weight is 425 g/mol. The van der Waals surface area contributed by atoms with E-state index < -0.39 is 0 Å². The van der Waals surface area contributed by atoms with E-state index in [1.165, 1.54) is 48.7 Å². The second-order valence-electron chi connectivity index (χ2n) is 7.57. The summed E-state index contributed by atoms with van der Waals surface area (Å²) in [4.78, 5) is 12.4. The highest BCUT2D eigenvalue weighted by molar-refractivity contribution is 7.99. The Balaban J connectivity index is 1.47. The minimum atomic E-state index is -0.325. The van der Waals surface area contributed by atoms with Crippen molar-refractivity contribution in [3.8, 4) is 0 Å². The fraction of sp³-hybridized carbons (Fsp3) is 0.348. The van der Waals surface area contributed by atoms with E-state index in [1.807, 2.05) is 18.2 Å². The van der Waals surface area contributed by atoms with Crippen molar-refractivity contribution in [1.82, 2.24) is 14.8 Å². The van der Waals surface area contributed by atoms with E-state index in [9.17, 15) is 9.18 Å². The molecule has 1 heterocycles. The molecule has 1 fully saturated rings. The number of anilines is 1. The number of carbonyl (C=O) groups is 1. The van der Waals surface area contributed by atoms with E-state index in [-0.39, 0.29) is 17.5 Å². The smallest absolute Gasteiger partial charge is 0.234 e. The molecular weight excluding hydrogens is 399 g/mol. The molecule has 0 saturated heterocycles. The first-order valence-corrected chi connectivity index (χ1v) is 11.3. The number of hydrogen-bond donors (Lipinski definition) is 1. The Hall–Kier alpha value is -2.67. The van der Waals surface area contributed by atoms with Crippen molar-refractivity contribution in [2.24, 2.45) is 0 Å². The van der Waals surface area contributed by atoms with Crippen molar-refractivity contribution < 1.29 is 9.18 Å². The van der Waals surface area contributed by atoms with Gasteiger partial charge in [0.05, 0.1) is 5.75 Å². The maximum atomic E-state index is 13.0. The molecule has 0 spiro atoms. The molecule has 0 aliphatic heterocycles. The lowest BCUT2D eigenvalue weighted by molar-refractivity contribution is -0.113. The fourth-order valence-corrected chi connectivity index (χ4v) is 4.70. The number of rotatable bonds is 7. The van der Waals surface area contributed by atoms with Crippen molar-refractivity contribution in [3.05, 3.63) is 71.8 Å². The number of halogens is 1. The predicted molar refractivity (Wildman–Crippen MR) is 117 cm³/mol. The van der Waals surface area contributed by atoms with Crippen molar-refractivity contribution in [1.29, 1.82) is 0 Å². The van der Waals surface area contributed by atoms with Crippen LogP contribution in [-0.2, 0) is 11.2 Å². The summed E-state index contributed by atoms with van der Waals surface area (Å²) >= 11 is 1.41. The van der Waals surface area contributed by atoms with Gasteiger partial charge in [0.2, 0.25) is 5.91 Å². The molecule has 1 saturated carbocycles. The number of thioether (sulfide) groups is 1. The lowest BCUT2D eigenvalue weighted by Crippen LogP contribution is -2.18. The third kappa shape index (κ3) is 5.27. The molecule has 1 N–H and O–H groups in total. The molecule has 1 amide bonds. The first-order valence-electron chi connectivity index (χ1n) is 10.3. The monoisotopic (exact) mass is 424 g/mol. The van der Waals surface area contributed by atoms with Crippen LogP contribution in [0.25, 0.3) is 0 Å². The second-order valence-corrected chi connectivity index (χ2v) is 8.51. The molecule has 4 rings (SSSR count). The molecule has 7 heteroatoms. The van der Waals surface area contributed by atoms with Gasteiger partial charge in [-0.25, -0.2) is 4.39 Å². The first-order chi connectivity index (χ1) is 14.7. The van der Waals surface area contributed by atoms with Crippen molar-refractivity contribution in [3.63, 3.8) is 0 Å². The number of carbonyl (C=O) groups excluding carboxylic acids is 1. The standard InChI is InChI=1S/C23H25FN4OS/c24-18-11-13-19(14-12-18)25-22(29)16-30-23-27-26-21(15-17-7-3-1-4-8-17)28(23)20-9-5-2-6-10-20/h1,3-4,7-8,11-14,20H,2,5-6,9-10,15-16H2,(H,25,29). The van der Waals surface area contributed by atoms with E-state index in [1.54, 1.807) is 12.1 Å². The van der Waals surface area contributed by atoms with Crippen LogP contribution in [-0.4, -0.2) is 26.4 Å². The van der Waals surface area contributed by atoms with Gasteiger partial charge in [-0.1, -0.05) is 61.4 Å². The number of benzene rings is 2. The van der Waals surface area contributed by atoms with Gasteiger partial charge in [-0.15, -0.1) is 10.2 Å². The molecular formula is C23H25FN4OS. The summed E-state index contributed by atoms with van der Waals surface area (Å²) in [5, 5.41) is 12.5. The second kappa shape index (κ2) is 9.89. The lowest BCUT2D eigenvalue weighted by atomic mass is 9.95. The molecule has 0 unspecified atom stereocenters. The molecule has 30 heavy (non-hydrogen) atoms. The molecule has 5 nitrogen and oxygen atoms in total. The Morgan fingerprint density at radius 2 is 1.77 bits per heavy atom. The molecule has 1 aliphatic carbocycles. The Morgan fingerprint density at radius 1 is 1.03 bits per heavy atom. The van der Waals surface area contributed by atoms with Gasteiger partial charge >= 0.3 is 0 Å². The van der Waals surface area contributed by atoms with Crippen LogP contribution >= 0.6 is 11.8 Å². The van der Waals surface area contributed by atoms with Crippen LogP contribution in [0.5, 0.6) is 0 Å². The maximum absolute atomic E-state index is 13.0. The summed E-state index contributed by atoms with van der Waals surface area (Å²) in [6.45, 7) is 0. The van der Waals surface area contributed by atoms with Crippen molar-refractivity contribution >= 4 is 23.4 Å². The van der Waals surface area contributed by atoms with Crippen LogP contribution in [0.3, 0.4) is 0 Å². The zero-order valence-corrected chi connectivity index (χ0v) is 17.6. The summed E-state index contributed by atoms with van der Waals surface area (Å²) in [6, 6.07) is 16.4. The van der Waals surface area contributed by atoms with Crippen molar-refractivity contribution in [2.75, 3.05) is 11.1 Å². The number of aromatic nitrogens is 3. The van der Waals surface area contributed by atoms with E-state index >= 15 is 0 Å². The van der Waals surface area contributed by atoms with Crippen molar-refractivity contribution in [2.45, 2.75) is 49.7 Å². The number of nitrogens with one attached hydrogen (secondary N) is 1. The van der Waals surface area contributed by atoms with Gasteiger partial charge < -0.3 is 9.88 Å². The largest absolute Gasteiger partial charge is 0.325 e. The molecule has 1 aliphatic rings. The van der Waals surface area contributed by atoms with E-state index in [4.69, 9.17) is 0 Å². The summed E-state index contributed by atoms with van der Waals surface area (Å²) in [5.74, 6) is 0.714. The van der Waals surface area contributed by atoms with Crippen LogP contribution < -0.4 is 5.32 Å². The first kappa shape index (κ1) is 20.6. The van der Waals surface area contributed by atoms with Crippen LogP contribution in [0.15, 0.2) is 59.8 Å². The topological polar surface area (TPSA) is 59.8 Å². The van der Waals surface area contributed by atoms with Gasteiger partial charge in [0, 0.05) is 18.2 Å². The fourth-order valence-electron chi connectivity index (χ4n) is 3.87. The predicted octanol–water partition coefficient (Wildman–Crippen LogP) is 5.24. The Labute approximate surface area is 180 Å². The summed E-state index contributed by atoms with van der Waals surface area (Å²) in [7, 11) is 0. The number of nitrogens with zero attached hydrogens (tertiary/aromatic N) is 3. The normalized spacial score (nSPS) is 14.6. The maximum Gasteiger partial charge on any atom is 0.234 e. The minimum absolute atomic E-state index is 0.144. The summed E-state index contributed by atoms with van der Waals surface area (Å²) in [6.07, 6.45) is 6.66. The van der Waals surface area contributed by atoms with Gasteiger partial charge in [0.25, 0.3) is 0 Å². The van der Waals surface area contributed by atoms with Crippen LogP contribution in [0, 0.1) is 5.82 Å². The number of amides is 1. The van der Waals surface area contributed by atoms with Gasteiger partial charge in [-0.3, -0.25) is 4.79 Å². The summed E-state index contributed by atoms with van der Waals surface area (Å²) < 4.78 is 15.3. The molecule has 0 bridgehead atoms. The highest BCUT2D eigenvalue weighted by atomic mass is 32.2. The Bertz CT molecular complexity index is 969. The van der Waals surface area contributed by atoms with Crippen LogP contribution in [0.4, 0.5) is 10.1 Å². The SMILES string of the molecule is O=C(CSc1nnc(Cc2ccccc2)n1C1CCCCC1)Nc1ccc(F)cc1. The van der Waals surface area contributed by atoms with Gasteiger partial charge in [0.1, 0.15) is 11.6 Å². The third-order valence-corrected chi connectivity index (χ3v) is 6.28. The van der Waals surface area contributed by atoms with E-state index in [0.717, 1.165) is 30.2 Å². The molecule has 2 aromatic carbocycles. The van der Waals surface area contributed by atoms with Crippen LogP contribution in [0.2, 0.25) is 0 Å². The Morgan fingerprint density at radius 3 is 2.50 bits per heavy atom. The van der Waals surface area contributed by atoms with Gasteiger partial charge in [0.15, 0.2) is 5.16 Å². The zero-order chi connectivity index (χ0) is 20.8. The zero-order valence-electron chi connectivity index (χ0n) is 16.8. The molecule has 156 valence electrons. The highest BCUT2D eigenvalue weighted by Gasteiger charge is 2.23. The third-order valence-electron chi connectivity index (χ3n) is 5.34.